The Bertz CT molecular complexity index is 108. The monoisotopic (exact) mass is 171 g/mol. The van der Waals surface area contributed by atoms with Crippen LogP contribution in [0, 0.1) is 5.92 Å². The molecule has 0 aromatic heterocycles. The second kappa shape index (κ2) is 3.49. The molecule has 62 valence electrons. The van der Waals surface area contributed by atoms with Gasteiger partial charge in [0, 0.05) is 25.4 Å². The minimum Gasteiger partial charge on any atom is -0.316 e. The van der Waals surface area contributed by atoms with E-state index in [0.717, 1.165) is 0 Å². The highest BCUT2D eigenvalue weighted by molar-refractivity contribution is 5.85. The maximum Gasteiger partial charge on any atom is 0.253 e. The number of hydrogen-bond acceptors (Lipinski definition) is 1. The van der Waals surface area contributed by atoms with Gasteiger partial charge in [-0.25, -0.2) is 8.78 Å². The first-order chi connectivity index (χ1) is 4.13. The quantitative estimate of drug-likeness (QED) is 0.585. The van der Waals surface area contributed by atoms with Crippen molar-refractivity contribution in [3.05, 3.63) is 0 Å². The van der Waals surface area contributed by atoms with Crippen molar-refractivity contribution in [3.63, 3.8) is 0 Å². The van der Waals surface area contributed by atoms with E-state index in [9.17, 15) is 8.78 Å². The van der Waals surface area contributed by atoms with E-state index in [4.69, 9.17) is 0 Å². The van der Waals surface area contributed by atoms with Crippen molar-refractivity contribution in [2.45, 2.75) is 19.3 Å². The van der Waals surface area contributed by atoms with Gasteiger partial charge in [-0.2, -0.15) is 0 Å². The fourth-order valence-electron chi connectivity index (χ4n) is 0.969. The maximum absolute atomic E-state index is 12.6. The summed E-state index contributed by atoms with van der Waals surface area (Å²) < 4.78 is 25.1. The predicted molar refractivity (Wildman–Crippen MR) is 38.8 cm³/mol. The molecule has 1 heterocycles. The molecule has 0 aromatic carbocycles. The molecule has 1 saturated heterocycles. The van der Waals surface area contributed by atoms with Crippen LogP contribution in [0.1, 0.15) is 13.3 Å². The molecule has 1 fully saturated rings. The summed E-state index contributed by atoms with van der Waals surface area (Å²) in [5, 5.41) is 2.91. The average molecular weight is 172 g/mol. The number of halogens is 3. The van der Waals surface area contributed by atoms with E-state index < -0.39 is 11.8 Å². The molecule has 1 N–H and O–H groups in total. The smallest absolute Gasteiger partial charge is 0.253 e. The molecule has 0 aromatic rings. The lowest BCUT2D eigenvalue weighted by molar-refractivity contribution is -0.0710. The summed E-state index contributed by atoms with van der Waals surface area (Å²) in [6.07, 6.45) is -0.00579. The van der Waals surface area contributed by atoms with Crippen molar-refractivity contribution in [2.24, 2.45) is 5.92 Å². The van der Waals surface area contributed by atoms with Gasteiger partial charge < -0.3 is 5.32 Å². The molecule has 10 heavy (non-hydrogen) atoms. The predicted octanol–water partition coefficient (Wildman–Crippen LogP) is 1.67. The molecule has 0 bridgehead atoms. The molecule has 0 spiro atoms. The molecular weight excluding hydrogens is 160 g/mol. The molecular formula is C6H12ClF2N. The van der Waals surface area contributed by atoms with Crippen LogP contribution in [-0.4, -0.2) is 19.0 Å². The van der Waals surface area contributed by atoms with Crippen molar-refractivity contribution in [3.8, 4) is 0 Å². The summed E-state index contributed by atoms with van der Waals surface area (Å²) in [6.45, 7) is 2.48. The first-order valence-corrected chi connectivity index (χ1v) is 3.21. The molecule has 0 radical (unpaired) electrons. The fraction of sp³-hybridized carbons (Fsp3) is 1.00. The van der Waals surface area contributed by atoms with Crippen molar-refractivity contribution in [2.75, 3.05) is 13.1 Å². The van der Waals surface area contributed by atoms with E-state index in [1.54, 1.807) is 6.92 Å². The summed E-state index contributed by atoms with van der Waals surface area (Å²) in [5.41, 5.74) is 0. The van der Waals surface area contributed by atoms with E-state index in [1.165, 1.54) is 0 Å². The Kier molecular flexibility index (Phi) is 3.52. The molecule has 1 rings (SSSR count). The SMILES string of the molecule is C[C@@H]1CNCCC1(F)F.Cl. The largest absolute Gasteiger partial charge is 0.316 e. The Morgan fingerprint density at radius 1 is 1.50 bits per heavy atom. The fourth-order valence-corrected chi connectivity index (χ4v) is 0.969. The van der Waals surface area contributed by atoms with Gasteiger partial charge in [-0.15, -0.1) is 12.4 Å². The molecule has 0 aliphatic carbocycles. The third kappa shape index (κ3) is 2.06. The zero-order chi connectivity index (χ0) is 6.91. The molecule has 1 nitrogen and oxygen atoms in total. The van der Waals surface area contributed by atoms with Crippen molar-refractivity contribution < 1.29 is 8.78 Å². The number of alkyl halides is 2. The Balaban J connectivity index is 0.000000810. The van der Waals surface area contributed by atoms with Gasteiger partial charge in [-0.05, 0) is 0 Å². The van der Waals surface area contributed by atoms with Crippen LogP contribution in [0.4, 0.5) is 8.78 Å². The Hall–Kier alpha value is 0.110. The summed E-state index contributed by atoms with van der Waals surface area (Å²) in [7, 11) is 0. The lowest BCUT2D eigenvalue weighted by Crippen LogP contribution is -2.42. The van der Waals surface area contributed by atoms with Gasteiger partial charge in [0.1, 0.15) is 0 Å². The second-order valence-electron chi connectivity index (χ2n) is 2.62. The minimum atomic E-state index is -2.43. The first-order valence-electron chi connectivity index (χ1n) is 3.21. The van der Waals surface area contributed by atoms with Gasteiger partial charge in [0.05, 0.1) is 0 Å². The number of rotatable bonds is 0. The standard InChI is InChI=1S/C6H11F2N.ClH/c1-5-4-9-3-2-6(5,7)8;/h5,9H,2-4H2,1H3;1H/t5-;/m1./s1. The van der Waals surface area contributed by atoms with Crippen LogP contribution in [0.25, 0.3) is 0 Å². The maximum atomic E-state index is 12.6. The van der Waals surface area contributed by atoms with Crippen molar-refractivity contribution in [1.82, 2.24) is 5.32 Å². The third-order valence-corrected chi connectivity index (χ3v) is 1.81. The van der Waals surface area contributed by atoms with Crippen molar-refractivity contribution in [1.29, 1.82) is 0 Å². The lowest BCUT2D eigenvalue weighted by atomic mass is 9.97. The molecule has 4 heteroatoms. The summed E-state index contributed by atoms with van der Waals surface area (Å²) in [4.78, 5) is 0. The van der Waals surface area contributed by atoms with Gasteiger partial charge in [0.15, 0.2) is 0 Å². The van der Waals surface area contributed by atoms with Crippen LogP contribution in [0.5, 0.6) is 0 Å². The van der Waals surface area contributed by atoms with Crippen LogP contribution in [-0.2, 0) is 0 Å². The van der Waals surface area contributed by atoms with Crippen LogP contribution in [0.3, 0.4) is 0 Å². The molecule has 1 aliphatic heterocycles. The third-order valence-electron chi connectivity index (χ3n) is 1.81. The van der Waals surface area contributed by atoms with Gasteiger partial charge >= 0.3 is 0 Å². The molecule has 0 amide bonds. The van der Waals surface area contributed by atoms with E-state index in [2.05, 4.69) is 5.32 Å². The van der Waals surface area contributed by atoms with Crippen LogP contribution >= 0.6 is 12.4 Å². The van der Waals surface area contributed by atoms with Gasteiger partial charge in [0.2, 0.25) is 0 Å². The van der Waals surface area contributed by atoms with E-state index in [-0.39, 0.29) is 18.8 Å². The Morgan fingerprint density at radius 3 is 2.40 bits per heavy atom. The van der Waals surface area contributed by atoms with Gasteiger partial charge in [-0.1, -0.05) is 6.92 Å². The topological polar surface area (TPSA) is 12.0 Å². The van der Waals surface area contributed by atoms with Crippen molar-refractivity contribution >= 4 is 12.4 Å². The lowest BCUT2D eigenvalue weighted by Gasteiger charge is -2.28. The van der Waals surface area contributed by atoms with Crippen LogP contribution < -0.4 is 5.32 Å². The van der Waals surface area contributed by atoms with Crippen LogP contribution in [0.2, 0.25) is 0 Å². The Labute approximate surface area is 65.6 Å². The van der Waals surface area contributed by atoms with Gasteiger partial charge in [0.25, 0.3) is 5.92 Å². The minimum absolute atomic E-state index is 0. The molecule has 0 saturated carbocycles. The summed E-state index contributed by atoms with van der Waals surface area (Å²) in [6, 6.07) is 0. The second-order valence-corrected chi connectivity index (χ2v) is 2.62. The summed E-state index contributed by atoms with van der Waals surface area (Å²) >= 11 is 0. The van der Waals surface area contributed by atoms with E-state index >= 15 is 0 Å². The first kappa shape index (κ1) is 10.1. The Morgan fingerprint density at radius 2 is 2.10 bits per heavy atom. The number of hydrogen-bond donors (Lipinski definition) is 1. The highest BCUT2D eigenvalue weighted by Crippen LogP contribution is 2.29. The number of piperidine rings is 1. The van der Waals surface area contributed by atoms with Gasteiger partial charge in [-0.3, -0.25) is 0 Å². The zero-order valence-electron chi connectivity index (χ0n) is 5.86. The molecule has 1 atom stereocenters. The zero-order valence-corrected chi connectivity index (χ0v) is 6.68. The van der Waals surface area contributed by atoms with Crippen LogP contribution in [0.15, 0.2) is 0 Å². The highest BCUT2D eigenvalue weighted by Gasteiger charge is 2.37. The molecule has 0 unspecified atom stereocenters. The summed E-state index contributed by atoms with van der Waals surface area (Å²) in [5.74, 6) is -2.92. The molecule has 1 aliphatic rings. The highest BCUT2D eigenvalue weighted by atomic mass is 35.5. The van der Waals surface area contributed by atoms with E-state index in [1.807, 2.05) is 0 Å². The normalized spacial score (nSPS) is 30.9. The number of nitrogens with one attached hydrogen (secondary N) is 1. The van der Waals surface area contributed by atoms with E-state index in [0.29, 0.717) is 13.1 Å². The average Bonchev–Trinajstić information content (AvgIpc) is 1.77.